The molecule has 0 radical (unpaired) electrons. The molecule has 0 spiro atoms. The molecule has 0 bridgehead atoms. The van der Waals surface area contributed by atoms with Crippen molar-refractivity contribution in [3.05, 3.63) is 29.5 Å². The predicted octanol–water partition coefficient (Wildman–Crippen LogP) is 2.39. The first-order chi connectivity index (χ1) is 9.79. The maximum atomic E-state index is 12.5. The third-order valence-electron chi connectivity index (χ3n) is 3.57. The smallest absolute Gasteiger partial charge is 0.273 e. The Hall–Kier alpha value is -1.66. The molecule has 1 fully saturated rings. The third kappa shape index (κ3) is 2.48. The van der Waals surface area contributed by atoms with Gasteiger partial charge in [0.05, 0.1) is 12.9 Å². The lowest BCUT2D eigenvalue weighted by atomic mass is 9.91. The zero-order chi connectivity index (χ0) is 13.9. The molecule has 2 aromatic heterocycles. The van der Waals surface area contributed by atoms with Gasteiger partial charge in [-0.05, 0) is 31.4 Å². The molecule has 106 valence electrons. The Balaban J connectivity index is 1.78. The van der Waals surface area contributed by atoms with E-state index in [1.807, 2.05) is 6.07 Å². The largest absolute Gasteiger partial charge is 0.462 e. The number of aromatic nitrogens is 1. The van der Waals surface area contributed by atoms with Crippen LogP contribution in [0.25, 0.3) is 10.8 Å². The Kier molecular flexibility index (Phi) is 3.84. The number of hydrogen-bond donors (Lipinski definition) is 1. The number of carbonyl (C=O) groups excluding carboxylic acids is 1. The van der Waals surface area contributed by atoms with Gasteiger partial charge >= 0.3 is 0 Å². The van der Waals surface area contributed by atoms with Gasteiger partial charge in [-0.1, -0.05) is 0 Å². The molecule has 1 saturated carbocycles. The highest BCUT2D eigenvalue weighted by molar-refractivity contribution is 7.13. The van der Waals surface area contributed by atoms with Crippen LogP contribution in [0.3, 0.4) is 0 Å². The summed E-state index contributed by atoms with van der Waals surface area (Å²) in [6.45, 7) is 0.356. The SMILES string of the molecule is O=C(c1csc(-c2ccco2)n1)N(CCO)C1CCC1. The normalized spacial score (nSPS) is 15.1. The van der Waals surface area contributed by atoms with Crippen molar-refractivity contribution in [2.75, 3.05) is 13.2 Å². The van der Waals surface area contributed by atoms with Crippen LogP contribution in [0, 0.1) is 0 Å². The van der Waals surface area contributed by atoms with Crippen molar-refractivity contribution in [2.24, 2.45) is 0 Å². The molecule has 20 heavy (non-hydrogen) atoms. The van der Waals surface area contributed by atoms with E-state index < -0.39 is 0 Å². The van der Waals surface area contributed by atoms with Gasteiger partial charge in [-0.3, -0.25) is 4.79 Å². The predicted molar refractivity (Wildman–Crippen MR) is 75.6 cm³/mol. The molecular formula is C14H16N2O3S. The van der Waals surface area contributed by atoms with E-state index in [1.54, 1.807) is 22.6 Å². The molecule has 0 unspecified atom stereocenters. The van der Waals surface area contributed by atoms with Crippen LogP contribution in [0.5, 0.6) is 0 Å². The van der Waals surface area contributed by atoms with E-state index in [1.165, 1.54) is 11.3 Å². The Morgan fingerprint density at radius 2 is 2.40 bits per heavy atom. The van der Waals surface area contributed by atoms with E-state index >= 15 is 0 Å². The van der Waals surface area contributed by atoms with Gasteiger partial charge in [0.1, 0.15) is 5.69 Å². The summed E-state index contributed by atoms with van der Waals surface area (Å²) in [4.78, 5) is 18.6. The molecule has 6 heteroatoms. The lowest BCUT2D eigenvalue weighted by Crippen LogP contribution is -2.45. The van der Waals surface area contributed by atoms with E-state index in [2.05, 4.69) is 4.98 Å². The highest BCUT2D eigenvalue weighted by Crippen LogP contribution is 2.28. The van der Waals surface area contributed by atoms with E-state index in [0.29, 0.717) is 23.0 Å². The first-order valence-electron chi connectivity index (χ1n) is 6.71. The summed E-state index contributed by atoms with van der Waals surface area (Å²) in [5.41, 5.74) is 0.432. The first kappa shape index (κ1) is 13.3. The van der Waals surface area contributed by atoms with Crippen LogP contribution in [0.15, 0.2) is 28.2 Å². The van der Waals surface area contributed by atoms with E-state index in [4.69, 9.17) is 9.52 Å². The molecule has 1 aliphatic rings. The molecular weight excluding hydrogens is 276 g/mol. The standard InChI is InChI=1S/C14H16N2O3S/c17-7-6-16(10-3-1-4-10)14(18)11-9-20-13(15-11)12-5-2-8-19-12/h2,5,8-10,17H,1,3-4,6-7H2. The summed E-state index contributed by atoms with van der Waals surface area (Å²) < 4.78 is 5.28. The number of thiazole rings is 1. The van der Waals surface area contributed by atoms with Crippen molar-refractivity contribution in [1.29, 1.82) is 0 Å². The topological polar surface area (TPSA) is 66.6 Å². The average Bonchev–Trinajstić information content (AvgIpc) is 3.05. The van der Waals surface area contributed by atoms with Gasteiger partial charge in [0, 0.05) is 18.0 Å². The van der Waals surface area contributed by atoms with E-state index in [9.17, 15) is 4.79 Å². The Bertz CT molecular complexity index is 575. The van der Waals surface area contributed by atoms with Gasteiger partial charge in [0.2, 0.25) is 0 Å². The fourth-order valence-corrected chi connectivity index (χ4v) is 3.05. The van der Waals surface area contributed by atoms with Crippen LogP contribution in [-0.4, -0.2) is 40.1 Å². The van der Waals surface area contributed by atoms with Gasteiger partial charge in [-0.25, -0.2) is 4.98 Å². The maximum Gasteiger partial charge on any atom is 0.273 e. The number of carbonyl (C=O) groups is 1. The van der Waals surface area contributed by atoms with E-state index in [-0.39, 0.29) is 18.6 Å². The lowest BCUT2D eigenvalue weighted by molar-refractivity contribution is 0.0521. The van der Waals surface area contributed by atoms with Gasteiger partial charge in [-0.2, -0.15) is 0 Å². The second kappa shape index (κ2) is 5.76. The summed E-state index contributed by atoms with van der Waals surface area (Å²) in [6.07, 6.45) is 4.76. The average molecular weight is 292 g/mol. The molecule has 2 aromatic rings. The molecule has 0 aromatic carbocycles. The van der Waals surface area contributed by atoms with E-state index in [0.717, 1.165) is 19.3 Å². The minimum absolute atomic E-state index is 0.0165. The van der Waals surface area contributed by atoms with Crippen LogP contribution in [0.2, 0.25) is 0 Å². The number of rotatable bonds is 5. The van der Waals surface area contributed by atoms with Crippen LogP contribution in [0.4, 0.5) is 0 Å². The second-order valence-corrected chi connectivity index (χ2v) is 5.68. The second-order valence-electron chi connectivity index (χ2n) is 4.82. The third-order valence-corrected chi connectivity index (χ3v) is 4.43. The Labute approximate surface area is 120 Å². The number of aliphatic hydroxyl groups is 1. The number of nitrogens with zero attached hydrogens (tertiary/aromatic N) is 2. The summed E-state index contributed by atoms with van der Waals surface area (Å²) in [6, 6.07) is 3.87. The molecule has 0 atom stereocenters. The molecule has 3 rings (SSSR count). The quantitative estimate of drug-likeness (QED) is 0.919. The van der Waals surface area contributed by atoms with Gasteiger partial charge in [-0.15, -0.1) is 11.3 Å². The fourth-order valence-electron chi connectivity index (χ4n) is 2.29. The molecule has 1 N–H and O–H groups in total. The van der Waals surface area contributed by atoms with Crippen LogP contribution in [0.1, 0.15) is 29.8 Å². The Morgan fingerprint density at radius 3 is 3.00 bits per heavy atom. The zero-order valence-electron chi connectivity index (χ0n) is 11.0. The van der Waals surface area contributed by atoms with Crippen molar-refractivity contribution in [1.82, 2.24) is 9.88 Å². The Morgan fingerprint density at radius 1 is 1.55 bits per heavy atom. The summed E-state index contributed by atoms with van der Waals surface area (Å²) in [5.74, 6) is 0.573. The lowest BCUT2D eigenvalue weighted by Gasteiger charge is -2.36. The molecule has 0 saturated heterocycles. The minimum Gasteiger partial charge on any atom is -0.462 e. The van der Waals surface area contributed by atoms with Crippen LogP contribution >= 0.6 is 11.3 Å². The minimum atomic E-state index is -0.0993. The van der Waals surface area contributed by atoms with Gasteiger partial charge < -0.3 is 14.4 Å². The van der Waals surface area contributed by atoms with Crippen molar-refractivity contribution in [2.45, 2.75) is 25.3 Å². The van der Waals surface area contributed by atoms with Crippen molar-refractivity contribution >= 4 is 17.2 Å². The van der Waals surface area contributed by atoms with Crippen LogP contribution < -0.4 is 0 Å². The van der Waals surface area contributed by atoms with Crippen molar-refractivity contribution in [3.63, 3.8) is 0 Å². The number of aliphatic hydroxyl groups excluding tert-OH is 1. The first-order valence-corrected chi connectivity index (χ1v) is 7.59. The maximum absolute atomic E-state index is 12.5. The van der Waals surface area contributed by atoms with Gasteiger partial charge in [0.15, 0.2) is 10.8 Å². The summed E-state index contributed by atoms with van der Waals surface area (Å²) in [5, 5.41) is 11.6. The monoisotopic (exact) mass is 292 g/mol. The summed E-state index contributed by atoms with van der Waals surface area (Å²) >= 11 is 1.39. The molecule has 5 nitrogen and oxygen atoms in total. The van der Waals surface area contributed by atoms with Gasteiger partial charge in [0.25, 0.3) is 5.91 Å². The highest BCUT2D eigenvalue weighted by Gasteiger charge is 2.30. The van der Waals surface area contributed by atoms with Crippen LogP contribution in [-0.2, 0) is 0 Å². The zero-order valence-corrected chi connectivity index (χ0v) is 11.8. The number of hydrogen-bond acceptors (Lipinski definition) is 5. The summed E-state index contributed by atoms with van der Waals surface area (Å²) in [7, 11) is 0. The molecule has 1 amide bonds. The van der Waals surface area contributed by atoms with Crippen molar-refractivity contribution < 1.29 is 14.3 Å². The van der Waals surface area contributed by atoms with Crippen molar-refractivity contribution in [3.8, 4) is 10.8 Å². The molecule has 2 heterocycles. The fraction of sp³-hybridized carbons (Fsp3) is 0.429. The molecule has 1 aliphatic carbocycles. The number of amides is 1. The number of furan rings is 1. The highest BCUT2D eigenvalue weighted by atomic mass is 32.1. The molecule has 0 aliphatic heterocycles.